The van der Waals surface area contributed by atoms with Crippen molar-refractivity contribution in [3.63, 3.8) is 0 Å². The molecule has 1 aromatic heterocycles. The molecule has 0 bridgehead atoms. The van der Waals surface area contributed by atoms with Gasteiger partial charge in [0.15, 0.2) is 0 Å². The number of rotatable bonds is 3. The quantitative estimate of drug-likeness (QED) is 0.408. The zero-order valence-corrected chi connectivity index (χ0v) is 16.9. The van der Waals surface area contributed by atoms with Crippen LogP contribution in [0.1, 0.15) is 15.9 Å². The maximum Gasteiger partial charge on any atom is 0.256 e. The molecule has 5 aromatic rings. The summed E-state index contributed by atoms with van der Waals surface area (Å²) in [6, 6.07) is 24.7. The number of carbonyl (C=O) groups is 1. The average molecular weight is 413 g/mol. The summed E-state index contributed by atoms with van der Waals surface area (Å²) in [6.45, 7) is 1.94. The molecule has 0 aliphatic carbocycles. The zero-order valence-electron chi connectivity index (χ0n) is 16.1. The highest BCUT2D eigenvalue weighted by Crippen LogP contribution is 2.25. The first kappa shape index (κ1) is 18.3. The van der Waals surface area contributed by atoms with Gasteiger partial charge in [0.1, 0.15) is 11.0 Å². The van der Waals surface area contributed by atoms with Gasteiger partial charge in [-0.15, -0.1) is 10.2 Å². The normalized spacial score (nSPS) is 11.1. The smallest absolute Gasteiger partial charge is 0.256 e. The predicted molar refractivity (Wildman–Crippen MR) is 121 cm³/mol. The fraction of sp³-hybridized carbons (Fsp3) is 0.0417. The van der Waals surface area contributed by atoms with E-state index in [1.54, 1.807) is 16.9 Å². The summed E-state index contributed by atoms with van der Waals surface area (Å²) >= 11 is 5.96. The number of nitrogens with zero attached hydrogens (tertiary/aromatic N) is 3. The maximum absolute atomic E-state index is 13.0. The van der Waals surface area contributed by atoms with Crippen LogP contribution in [0.2, 0.25) is 5.02 Å². The summed E-state index contributed by atoms with van der Waals surface area (Å²) in [5.74, 6) is -0.153. The zero-order chi connectivity index (χ0) is 20.7. The SMILES string of the molecule is Cc1cc2nn(-c3ccc(Cl)cc3)nc2cc1NC(=O)c1cccc2ccccc12. The number of hydrogen-bond donors (Lipinski definition) is 1. The molecular weight excluding hydrogens is 396 g/mol. The first-order valence-electron chi connectivity index (χ1n) is 9.51. The van der Waals surface area contributed by atoms with Crippen LogP contribution in [-0.4, -0.2) is 20.9 Å². The second-order valence-electron chi connectivity index (χ2n) is 7.10. The number of aryl methyl sites for hydroxylation is 1. The van der Waals surface area contributed by atoms with Gasteiger partial charge in [0.2, 0.25) is 0 Å². The molecule has 30 heavy (non-hydrogen) atoms. The van der Waals surface area contributed by atoms with Crippen molar-refractivity contribution in [2.75, 3.05) is 5.32 Å². The minimum absolute atomic E-state index is 0.153. The monoisotopic (exact) mass is 412 g/mol. The van der Waals surface area contributed by atoms with Crippen LogP contribution >= 0.6 is 11.6 Å². The molecule has 0 aliphatic heterocycles. The van der Waals surface area contributed by atoms with Crippen molar-refractivity contribution in [2.24, 2.45) is 0 Å². The van der Waals surface area contributed by atoms with Crippen LogP contribution in [0.5, 0.6) is 0 Å². The molecule has 0 unspecified atom stereocenters. The van der Waals surface area contributed by atoms with Crippen molar-refractivity contribution in [3.05, 3.63) is 95.0 Å². The Hall–Kier alpha value is -3.70. The Bertz CT molecular complexity index is 1400. The summed E-state index contributed by atoms with van der Waals surface area (Å²) in [4.78, 5) is 14.6. The van der Waals surface area contributed by atoms with Gasteiger partial charge >= 0.3 is 0 Å². The lowest BCUT2D eigenvalue weighted by molar-refractivity contribution is 0.102. The van der Waals surface area contributed by atoms with Gasteiger partial charge in [-0.2, -0.15) is 4.80 Å². The van der Waals surface area contributed by atoms with Gasteiger partial charge in [-0.3, -0.25) is 4.79 Å². The number of halogens is 1. The fourth-order valence-electron chi connectivity index (χ4n) is 3.51. The Balaban J connectivity index is 1.50. The van der Waals surface area contributed by atoms with Crippen molar-refractivity contribution in [1.29, 1.82) is 0 Å². The van der Waals surface area contributed by atoms with E-state index in [1.165, 1.54) is 0 Å². The molecule has 1 heterocycles. The van der Waals surface area contributed by atoms with Crippen LogP contribution in [0.25, 0.3) is 27.5 Å². The van der Waals surface area contributed by atoms with Gasteiger partial charge in [0.25, 0.3) is 5.91 Å². The molecule has 0 saturated heterocycles. The first-order chi connectivity index (χ1) is 14.6. The lowest BCUT2D eigenvalue weighted by Gasteiger charge is -2.10. The van der Waals surface area contributed by atoms with E-state index in [2.05, 4.69) is 15.5 Å². The van der Waals surface area contributed by atoms with E-state index in [0.717, 1.165) is 27.5 Å². The Labute approximate surface area is 177 Å². The van der Waals surface area contributed by atoms with Crippen LogP contribution < -0.4 is 5.32 Å². The number of carbonyl (C=O) groups excluding carboxylic acids is 1. The van der Waals surface area contributed by atoms with Crippen molar-refractivity contribution < 1.29 is 4.79 Å². The third kappa shape index (κ3) is 3.29. The minimum Gasteiger partial charge on any atom is -0.322 e. The van der Waals surface area contributed by atoms with Crippen LogP contribution in [0.3, 0.4) is 0 Å². The number of fused-ring (bicyclic) bond motifs is 2. The van der Waals surface area contributed by atoms with Crippen molar-refractivity contribution in [2.45, 2.75) is 6.92 Å². The summed E-state index contributed by atoms with van der Waals surface area (Å²) in [7, 11) is 0. The third-order valence-electron chi connectivity index (χ3n) is 5.07. The van der Waals surface area contributed by atoms with Gasteiger partial charge in [-0.25, -0.2) is 0 Å². The van der Waals surface area contributed by atoms with Crippen LogP contribution in [-0.2, 0) is 0 Å². The van der Waals surface area contributed by atoms with Gasteiger partial charge in [-0.1, -0.05) is 48.0 Å². The highest BCUT2D eigenvalue weighted by Gasteiger charge is 2.14. The second kappa shape index (κ2) is 7.28. The summed E-state index contributed by atoms with van der Waals surface area (Å²) < 4.78 is 0. The highest BCUT2D eigenvalue weighted by molar-refractivity contribution is 6.30. The number of benzene rings is 4. The largest absolute Gasteiger partial charge is 0.322 e. The Morgan fingerprint density at radius 2 is 1.60 bits per heavy atom. The molecule has 4 aromatic carbocycles. The molecule has 0 spiro atoms. The lowest BCUT2D eigenvalue weighted by atomic mass is 10.0. The van der Waals surface area contributed by atoms with E-state index in [0.29, 0.717) is 21.8 Å². The molecule has 0 fully saturated rings. The molecule has 146 valence electrons. The van der Waals surface area contributed by atoms with Gasteiger partial charge < -0.3 is 5.32 Å². The van der Waals surface area contributed by atoms with E-state index in [1.807, 2.05) is 73.7 Å². The van der Waals surface area contributed by atoms with Crippen LogP contribution in [0.15, 0.2) is 78.9 Å². The summed E-state index contributed by atoms with van der Waals surface area (Å²) in [5, 5.41) is 14.7. The third-order valence-corrected chi connectivity index (χ3v) is 5.32. The number of amides is 1. The Morgan fingerprint density at radius 1 is 0.900 bits per heavy atom. The molecule has 6 heteroatoms. The molecule has 5 rings (SSSR count). The van der Waals surface area contributed by atoms with E-state index in [4.69, 9.17) is 11.6 Å². The predicted octanol–water partition coefficient (Wildman–Crippen LogP) is 5.79. The van der Waals surface area contributed by atoms with Gasteiger partial charge in [-0.05, 0) is 65.7 Å². The molecule has 0 aliphatic rings. The fourth-order valence-corrected chi connectivity index (χ4v) is 3.63. The maximum atomic E-state index is 13.0. The number of anilines is 1. The van der Waals surface area contributed by atoms with Crippen molar-refractivity contribution in [1.82, 2.24) is 15.0 Å². The topological polar surface area (TPSA) is 59.8 Å². The van der Waals surface area contributed by atoms with E-state index in [-0.39, 0.29) is 5.91 Å². The Morgan fingerprint density at radius 3 is 2.40 bits per heavy atom. The van der Waals surface area contributed by atoms with E-state index >= 15 is 0 Å². The highest BCUT2D eigenvalue weighted by atomic mass is 35.5. The van der Waals surface area contributed by atoms with E-state index in [9.17, 15) is 4.79 Å². The van der Waals surface area contributed by atoms with Crippen LogP contribution in [0.4, 0.5) is 5.69 Å². The van der Waals surface area contributed by atoms with Crippen molar-refractivity contribution in [3.8, 4) is 5.69 Å². The van der Waals surface area contributed by atoms with Crippen LogP contribution in [0, 0.1) is 6.92 Å². The molecule has 0 saturated carbocycles. The molecule has 0 atom stereocenters. The molecule has 0 radical (unpaired) electrons. The summed E-state index contributed by atoms with van der Waals surface area (Å²) in [6.07, 6.45) is 0. The Kier molecular flexibility index (Phi) is 4.45. The second-order valence-corrected chi connectivity index (χ2v) is 7.54. The minimum atomic E-state index is -0.153. The van der Waals surface area contributed by atoms with Gasteiger partial charge in [0.05, 0.1) is 5.69 Å². The van der Waals surface area contributed by atoms with E-state index < -0.39 is 0 Å². The summed E-state index contributed by atoms with van der Waals surface area (Å²) in [5.41, 5.74) is 4.53. The molecule has 1 N–H and O–H groups in total. The molecule has 1 amide bonds. The standard InChI is InChI=1S/C24H17ClN4O/c1-15-13-22-23(28-29(27-22)18-11-9-17(25)10-12-18)14-21(15)26-24(30)20-8-4-6-16-5-2-3-7-19(16)20/h2-14H,1H3,(H,26,30). The average Bonchev–Trinajstić information content (AvgIpc) is 3.16. The number of nitrogens with one attached hydrogen (secondary N) is 1. The lowest BCUT2D eigenvalue weighted by Crippen LogP contribution is -2.13. The number of aromatic nitrogens is 3. The number of hydrogen-bond acceptors (Lipinski definition) is 3. The van der Waals surface area contributed by atoms with Gasteiger partial charge in [0, 0.05) is 16.3 Å². The first-order valence-corrected chi connectivity index (χ1v) is 9.89. The molecular formula is C24H17ClN4O. The van der Waals surface area contributed by atoms with Crippen molar-refractivity contribution >= 4 is 45.0 Å². The molecule has 5 nitrogen and oxygen atoms in total.